The van der Waals surface area contributed by atoms with Crippen molar-refractivity contribution in [2.75, 3.05) is 39.6 Å². The van der Waals surface area contributed by atoms with E-state index in [2.05, 4.69) is 72.8 Å². The molecule has 0 spiro atoms. The molecule has 0 amide bonds. The molecule has 89 heavy (non-hydrogen) atoms. The van der Waals surface area contributed by atoms with Gasteiger partial charge in [0.25, 0.3) is 0 Å². The maximum Gasteiger partial charge on any atom is 0.472 e. The highest BCUT2D eigenvalue weighted by Crippen LogP contribution is 2.45. The lowest BCUT2D eigenvalue weighted by molar-refractivity contribution is -0.161. The highest BCUT2D eigenvalue weighted by molar-refractivity contribution is 7.47. The molecule has 524 valence electrons. The number of aliphatic hydroxyl groups is 1. The predicted octanol–water partition coefficient (Wildman–Crippen LogP) is 19.4. The Morgan fingerprint density at radius 2 is 0.663 bits per heavy atom. The van der Waals surface area contributed by atoms with E-state index in [1.807, 2.05) is 0 Å². The Morgan fingerprint density at radius 3 is 1.00 bits per heavy atom. The van der Waals surface area contributed by atoms with Gasteiger partial charge in [-0.2, -0.15) is 0 Å². The van der Waals surface area contributed by atoms with Gasteiger partial charge in [0.05, 0.1) is 26.4 Å². The second kappa shape index (κ2) is 60.5. The number of hydrogen-bond donors (Lipinski definition) is 3. The summed E-state index contributed by atoms with van der Waals surface area (Å²) in [4.78, 5) is 72.4. The maximum absolute atomic E-state index is 13.0. The molecule has 0 aromatic rings. The van der Waals surface area contributed by atoms with Crippen molar-refractivity contribution >= 4 is 39.5 Å². The van der Waals surface area contributed by atoms with Crippen LogP contribution in [-0.2, 0) is 65.4 Å². The van der Waals surface area contributed by atoms with Crippen molar-refractivity contribution in [1.29, 1.82) is 0 Å². The monoisotopic (exact) mass is 1310 g/mol. The molecule has 19 heteroatoms. The van der Waals surface area contributed by atoms with E-state index in [4.69, 9.17) is 37.0 Å². The van der Waals surface area contributed by atoms with Crippen LogP contribution in [0.1, 0.15) is 325 Å². The first-order valence-corrected chi connectivity index (χ1v) is 38.7. The van der Waals surface area contributed by atoms with Crippen LogP contribution in [0.5, 0.6) is 0 Å². The van der Waals surface area contributed by atoms with Crippen LogP contribution >= 0.6 is 15.6 Å². The van der Waals surface area contributed by atoms with Gasteiger partial charge < -0.3 is 33.8 Å². The molecule has 0 aliphatic carbocycles. The van der Waals surface area contributed by atoms with Crippen molar-refractivity contribution in [2.45, 2.75) is 343 Å². The quantitative estimate of drug-likeness (QED) is 0.0169. The maximum atomic E-state index is 13.0. The lowest BCUT2D eigenvalue weighted by Gasteiger charge is -2.21. The zero-order valence-corrected chi connectivity index (χ0v) is 59.2. The lowest BCUT2D eigenvalue weighted by Crippen LogP contribution is -2.30. The van der Waals surface area contributed by atoms with Gasteiger partial charge in [-0.3, -0.25) is 37.3 Å². The van der Waals surface area contributed by atoms with Crippen molar-refractivity contribution < 1.29 is 80.2 Å². The Balaban J connectivity index is 5.28. The summed E-state index contributed by atoms with van der Waals surface area (Å²) in [7, 11) is -9.91. The van der Waals surface area contributed by atoms with Gasteiger partial charge in [-0.25, -0.2) is 9.13 Å². The van der Waals surface area contributed by atoms with E-state index in [0.29, 0.717) is 31.6 Å². The Bertz CT molecular complexity index is 1840. The molecule has 3 N–H and O–H groups in total. The molecule has 0 saturated heterocycles. The van der Waals surface area contributed by atoms with Crippen molar-refractivity contribution in [3.05, 3.63) is 24.3 Å². The number of aliphatic hydroxyl groups excluding tert-OH is 1. The molecule has 0 saturated carbocycles. The van der Waals surface area contributed by atoms with Gasteiger partial charge >= 0.3 is 39.5 Å². The fourth-order valence-electron chi connectivity index (χ4n) is 9.97. The number of phosphoric acid groups is 2. The molecule has 17 nitrogen and oxygen atoms in total. The molecule has 0 aromatic carbocycles. The first kappa shape index (κ1) is 86.5. The number of ether oxygens (including phenoxy) is 4. The molecule has 0 heterocycles. The topological polar surface area (TPSA) is 237 Å². The second-order valence-electron chi connectivity index (χ2n) is 25.8. The summed E-state index contributed by atoms with van der Waals surface area (Å²) in [6.45, 7) is 11.6. The SMILES string of the molecule is CCCCCC/C=C\C=C/CCCCCCCC(=O)O[C@H](COC(=O)CCCCCCCCCCCCCCC(C)C)COP(=O)(O)OC[C@@H](O)COP(=O)(O)OC[C@@H](COC(=O)CCCCCCCCC(C)CC)OC(=O)CCCCCCCCC(C)C. The third-order valence-corrected chi connectivity index (χ3v) is 17.8. The molecular formula is C70H132O17P2. The number of allylic oxidation sites excluding steroid dienone is 4. The highest BCUT2D eigenvalue weighted by atomic mass is 31.2. The molecule has 0 rings (SSSR count). The number of rotatable bonds is 66. The fraction of sp³-hybridized carbons (Fsp3) is 0.886. The highest BCUT2D eigenvalue weighted by Gasteiger charge is 2.30. The molecular weight excluding hydrogens is 1170 g/mol. The number of esters is 4. The van der Waals surface area contributed by atoms with Gasteiger partial charge in [0.1, 0.15) is 19.3 Å². The van der Waals surface area contributed by atoms with Crippen LogP contribution in [0.25, 0.3) is 0 Å². The van der Waals surface area contributed by atoms with Gasteiger partial charge in [0, 0.05) is 25.7 Å². The van der Waals surface area contributed by atoms with Gasteiger partial charge in [-0.05, 0) is 69.1 Å². The Labute approximate surface area is 542 Å². The molecule has 0 radical (unpaired) electrons. The van der Waals surface area contributed by atoms with Crippen LogP contribution < -0.4 is 0 Å². The van der Waals surface area contributed by atoms with Crippen molar-refractivity contribution in [3.8, 4) is 0 Å². The largest absolute Gasteiger partial charge is 0.472 e. The van der Waals surface area contributed by atoms with E-state index in [1.54, 1.807) is 0 Å². The van der Waals surface area contributed by atoms with Crippen LogP contribution in [0.4, 0.5) is 0 Å². The molecule has 0 aliphatic rings. The summed E-state index contributed by atoms with van der Waals surface area (Å²) < 4.78 is 68.2. The number of carbonyl (C=O) groups is 4. The summed E-state index contributed by atoms with van der Waals surface area (Å²) >= 11 is 0. The van der Waals surface area contributed by atoms with Crippen molar-refractivity contribution in [3.63, 3.8) is 0 Å². The lowest BCUT2D eigenvalue weighted by atomic mass is 10.00. The van der Waals surface area contributed by atoms with Crippen molar-refractivity contribution in [2.24, 2.45) is 17.8 Å². The summed E-state index contributed by atoms with van der Waals surface area (Å²) in [6.07, 6.45) is 46.9. The zero-order chi connectivity index (χ0) is 65.9. The van der Waals surface area contributed by atoms with Gasteiger partial charge in [-0.1, -0.05) is 272 Å². The van der Waals surface area contributed by atoms with Crippen LogP contribution in [0, 0.1) is 17.8 Å². The average Bonchev–Trinajstić information content (AvgIpc) is 3.71. The Kier molecular flexibility index (Phi) is 58.8. The van der Waals surface area contributed by atoms with Crippen LogP contribution in [0.3, 0.4) is 0 Å². The normalized spacial score (nSPS) is 14.7. The number of carbonyl (C=O) groups excluding carboxylic acids is 4. The third kappa shape index (κ3) is 62.7. The number of unbranched alkanes of at least 4 members (excludes halogenated alkanes) is 30. The first-order valence-electron chi connectivity index (χ1n) is 35.7. The molecule has 0 fully saturated rings. The minimum Gasteiger partial charge on any atom is -0.462 e. The number of phosphoric ester groups is 2. The summed E-state index contributed by atoms with van der Waals surface area (Å²) in [5.74, 6) is 0.0135. The molecule has 3 unspecified atom stereocenters. The van der Waals surface area contributed by atoms with Gasteiger partial charge in [0.15, 0.2) is 12.2 Å². The predicted molar refractivity (Wildman–Crippen MR) is 358 cm³/mol. The average molecular weight is 1310 g/mol. The molecule has 0 aromatic heterocycles. The standard InChI is InChI=1S/C70H132O17P2/c1-8-10-11-12-13-14-15-16-17-18-23-26-29-39-46-53-69(74)86-65(57-80-67(72)51-44-37-28-25-22-20-19-21-24-27-34-41-48-61(3)4)59-84-88(76,77)82-55-64(71)56-83-89(78,79)85-60-66(87-70(75)54-47-40-32-30-35-42-49-62(5)6)58-81-68(73)52-45-38-33-31-36-43-50-63(7)9-2/h14-17,61-66,71H,8-13,18-60H2,1-7H3,(H,76,77)(H,78,79)/b15-14-,17-16-/t63?,64-,65-,66-/m1/s1. The van der Waals surface area contributed by atoms with Crippen LogP contribution in [0.15, 0.2) is 24.3 Å². The van der Waals surface area contributed by atoms with E-state index in [0.717, 1.165) is 121 Å². The van der Waals surface area contributed by atoms with Gasteiger partial charge in [0.2, 0.25) is 0 Å². The first-order chi connectivity index (χ1) is 42.8. The zero-order valence-electron chi connectivity index (χ0n) is 57.4. The van der Waals surface area contributed by atoms with E-state index in [1.165, 1.54) is 116 Å². The van der Waals surface area contributed by atoms with E-state index in [-0.39, 0.29) is 25.7 Å². The third-order valence-electron chi connectivity index (χ3n) is 15.9. The minimum absolute atomic E-state index is 0.0843. The fourth-order valence-corrected chi connectivity index (χ4v) is 11.5. The Morgan fingerprint density at radius 1 is 0.371 bits per heavy atom. The summed E-state index contributed by atoms with van der Waals surface area (Å²) in [6, 6.07) is 0. The molecule has 0 bridgehead atoms. The summed E-state index contributed by atoms with van der Waals surface area (Å²) in [5, 5.41) is 10.6. The smallest absolute Gasteiger partial charge is 0.462 e. The Hall–Kier alpha value is -2.46. The van der Waals surface area contributed by atoms with E-state index >= 15 is 0 Å². The van der Waals surface area contributed by atoms with Crippen molar-refractivity contribution in [1.82, 2.24) is 0 Å². The van der Waals surface area contributed by atoms with E-state index < -0.39 is 97.5 Å². The number of hydrogen-bond acceptors (Lipinski definition) is 15. The van der Waals surface area contributed by atoms with E-state index in [9.17, 15) is 43.2 Å². The van der Waals surface area contributed by atoms with Gasteiger partial charge in [-0.15, -0.1) is 0 Å². The minimum atomic E-state index is -4.96. The van der Waals surface area contributed by atoms with Crippen LogP contribution in [0.2, 0.25) is 0 Å². The summed E-state index contributed by atoms with van der Waals surface area (Å²) in [5.41, 5.74) is 0. The molecule has 6 atom stereocenters. The molecule has 0 aliphatic heterocycles. The second-order valence-corrected chi connectivity index (χ2v) is 28.7. The van der Waals surface area contributed by atoms with Crippen LogP contribution in [-0.4, -0.2) is 96.7 Å².